The van der Waals surface area contributed by atoms with Crippen LogP contribution in [0.15, 0.2) is 0 Å². The van der Waals surface area contributed by atoms with Crippen molar-refractivity contribution >= 4 is 0 Å². The number of fused-ring (bicyclic) bond motifs is 1. The van der Waals surface area contributed by atoms with Gasteiger partial charge in [-0.1, -0.05) is 6.92 Å². The van der Waals surface area contributed by atoms with Crippen LogP contribution in [0, 0.1) is 11.3 Å². The van der Waals surface area contributed by atoms with E-state index in [1.54, 1.807) is 0 Å². The number of hydrogen-bond acceptors (Lipinski definition) is 1. The molecule has 9 heavy (non-hydrogen) atoms. The Morgan fingerprint density at radius 1 is 1.33 bits per heavy atom. The standard InChI is InChI=1S/C8H15N/c1-8-4-2-6(8)7(9)3-5-8/h6-7H,2-5,9H2,1H3. The predicted octanol–water partition coefficient (Wildman–Crippen LogP) is 1.52. The second-order valence-electron chi connectivity index (χ2n) is 4.00. The van der Waals surface area contributed by atoms with Crippen molar-refractivity contribution in [2.24, 2.45) is 17.1 Å². The zero-order valence-electron chi connectivity index (χ0n) is 6.06. The molecule has 1 nitrogen and oxygen atoms in total. The number of hydrogen-bond donors (Lipinski definition) is 1. The Morgan fingerprint density at radius 3 is 2.22 bits per heavy atom. The van der Waals surface area contributed by atoms with Crippen molar-refractivity contribution in [2.75, 3.05) is 0 Å². The Morgan fingerprint density at radius 2 is 2.00 bits per heavy atom. The molecular weight excluding hydrogens is 110 g/mol. The molecule has 2 aliphatic carbocycles. The third kappa shape index (κ3) is 0.586. The molecule has 3 unspecified atom stereocenters. The van der Waals surface area contributed by atoms with Crippen molar-refractivity contribution in [3.63, 3.8) is 0 Å². The van der Waals surface area contributed by atoms with E-state index in [0.717, 1.165) is 5.92 Å². The van der Waals surface area contributed by atoms with Crippen LogP contribution < -0.4 is 5.73 Å². The lowest BCUT2D eigenvalue weighted by atomic mass is 9.63. The second kappa shape index (κ2) is 1.51. The van der Waals surface area contributed by atoms with Gasteiger partial charge in [-0.05, 0) is 37.0 Å². The highest BCUT2D eigenvalue weighted by molar-refractivity contribution is 5.02. The lowest BCUT2D eigenvalue weighted by Crippen LogP contribution is -2.40. The number of nitrogens with two attached hydrogens (primary N) is 1. The second-order valence-corrected chi connectivity index (χ2v) is 4.00. The van der Waals surface area contributed by atoms with Gasteiger partial charge >= 0.3 is 0 Å². The fourth-order valence-corrected chi connectivity index (χ4v) is 2.54. The van der Waals surface area contributed by atoms with Gasteiger partial charge in [-0.2, -0.15) is 0 Å². The van der Waals surface area contributed by atoms with Crippen LogP contribution in [0.5, 0.6) is 0 Å². The Kier molecular flexibility index (Phi) is 0.963. The van der Waals surface area contributed by atoms with Crippen molar-refractivity contribution in [3.8, 4) is 0 Å². The molecule has 0 aromatic rings. The van der Waals surface area contributed by atoms with E-state index in [1.165, 1.54) is 25.7 Å². The number of rotatable bonds is 0. The molecule has 0 radical (unpaired) electrons. The topological polar surface area (TPSA) is 26.0 Å². The van der Waals surface area contributed by atoms with E-state index in [4.69, 9.17) is 5.73 Å². The van der Waals surface area contributed by atoms with E-state index in [0.29, 0.717) is 11.5 Å². The lowest BCUT2D eigenvalue weighted by molar-refractivity contribution is 0.0788. The quantitative estimate of drug-likeness (QED) is 0.522. The molecule has 0 spiro atoms. The van der Waals surface area contributed by atoms with Crippen LogP contribution in [0.4, 0.5) is 0 Å². The highest BCUT2D eigenvalue weighted by atomic mass is 14.7. The fraction of sp³-hybridized carbons (Fsp3) is 1.00. The SMILES string of the molecule is CC12CCC(N)C1CC2. The zero-order valence-corrected chi connectivity index (χ0v) is 6.06. The van der Waals surface area contributed by atoms with Crippen LogP contribution in [0.25, 0.3) is 0 Å². The minimum atomic E-state index is 0.545. The molecule has 0 amide bonds. The van der Waals surface area contributed by atoms with Crippen LogP contribution in [0.2, 0.25) is 0 Å². The summed E-state index contributed by atoms with van der Waals surface area (Å²) in [6.07, 6.45) is 5.50. The average Bonchev–Trinajstić information content (AvgIpc) is 1.93. The van der Waals surface area contributed by atoms with E-state index in [2.05, 4.69) is 6.92 Å². The van der Waals surface area contributed by atoms with Gasteiger partial charge in [-0.15, -0.1) is 0 Å². The Labute approximate surface area is 56.6 Å². The summed E-state index contributed by atoms with van der Waals surface area (Å²) in [5.41, 5.74) is 6.59. The third-order valence-corrected chi connectivity index (χ3v) is 3.49. The van der Waals surface area contributed by atoms with Gasteiger partial charge in [0, 0.05) is 6.04 Å². The van der Waals surface area contributed by atoms with Gasteiger partial charge in [0.1, 0.15) is 0 Å². The minimum Gasteiger partial charge on any atom is -0.327 e. The third-order valence-electron chi connectivity index (χ3n) is 3.49. The largest absolute Gasteiger partial charge is 0.327 e. The van der Waals surface area contributed by atoms with Gasteiger partial charge in [0.25, 0.3) is 0 Å². The average molecular weight is 125 g/mol. The molecule has 2 saturated carbocycles. The molecule has 2 aliphatic rings. The van der Waals surface area contributed by atoms with Gasteiger partial charge in [-0.3, -0.25) is 0 Å². The first-order chi connectivity index (χ1) is 4.22. The molecule has 3 atom stereocenters. The van der Waals surface area contributed by atoms with Gasteiger partial charge in [0.05, 0.1) is 0 Å². The van der Waals surface area contributed by atoms with E-state index < -0.39 is 0 Å². The molecule has 2 rings (SSSR count). The van der Waals surface area contributed by atoms with E-state index in [9.17, 15) is 0 Å². The maximum absolute atomic E-state index is 5.91. The smallest absolute Gasteiger partial charge is 0.00725 e. The van der Waals surface area contributed by atoms with Crippen molar-refractivity contribution in [2.45, 2.75) is 38.6 Å². The van der Waals surface area contributed by atoms with Gasteiger partial charge < -0.3 is 5.73 Å². The maximum Gasteiger partial charge on any atom is 0.00725 e. The molecule has 0 saturated heterocycles. The van der Waals surface area contributed by atoms with Gasteiger partial charge in [0.15, 0.2) is 0 Å². The van der Waals surface area contributed by atoms with Crippen LogP contribution in [-0.2, 0) is 0 Å². The first-order valence-electron chi connectivity index (χ1n) is 3.98. The molecule has 0 aromatic heterocycles. The van der Waals surface area contributed by atoms with Gasteiger partial charge in [0.2, 0.25) is 0 Å². The molecule has 0 heterocycles. The fourth-order valence-electron chi connectivity index (χ4n) is 2.54. The van der Waals surface area contributed by atoms with Crippen LogP contribution in [-0.4, -0.2) is 6.04 Å². The normalized spacial score (nSPS) is 56.7. The molecule has 0 aromatic carbocycles. The first kappa shape index (κ1) is 5.72. The monoisotopic (exact) mass is 125 g/mol. The molecule has 1 heteroatoms. The molecule has 2 N–H and O–H groups in total. The summed E-state index contributed by atoms with van der Waals surface area (Å²) in [5, 5.41) is 0. The lowest BCUT2D eigenvalue weighted by Gasteiger charge is -2.43. The summed E-state index contributed by atoms with van der Waals surface area (Å²) >= 11 is 0. The molecule has 0 aliphatic heterocycles. The summed E-state index contributed by atoms with van der Waals surface area (Å²) in [6, 6.07) is 0.545. The highest BCUT2D eigenvalue weighted by Crippen LogP contribution is 2.56. The zero-order chi connectivity index (χ0) is 6.48. The van der Waals surface area contributed by atoms with Crippen molar-refractivity contribution in [3.05, 3.63) is 0 Å². The van der Waals surface area contributed by atoms with E-state index in [1.807, 2.05) is 0 Å². The molecule has 2 fully saturated rings. The molecular formula is C8H15N. The Bertz CT molecular complexity index is 133. The van der Waals surface area contributed by atoms with Crippen molar-refractivity contribution < 1.29 is 0 Å². The maximum atomic E-state index is 5.91. The Balaban J connectivity index is 2.15. The Hall–Kier alpha value is -0.0400. The van der Waals surface area contributed by atoms with Crippen LogP contribution >= 0.6 is 0 Å². The highest BCUT2D eigenvalue weighted by Gasteiger charge is 2.49. The van der Waals surface area contributed by atoms with E-state index >= 15 is 0 Å². The first-order valence-corrected chi connectivity index (χ1v) is 3.98. The van der Waals surface area contributed by atoms with Gasteiger partial charge in [-0.25, -0.2) is 0 Å². The predicted molar refractivity (Wildman–Crippen MR) is 38.0 cm³/mol. The summed E-state index contributed by atoms with van der Waals surface area (Å²) in [4.78, 5) is 0. The van der Waals surface area contributed by atoms with E-state index in [-0.39, 0.29) is 0 Å². The summed E-state index contributed by atoms with van der Waals surface area (Å²) < 4.78 is 0. The summed E-state index contributed by atoms with van der Waals surface area (Å²) in [7, 11) is 0. The van der Waals surface area contributed by atoms with Crippen LogP contribution in [0.3, 0.4) is 0 Å². The van der Waals surface area contributed by atoms with Crippen LogP contribution in [0.1, 0.15) is 32.6 Å². The molecule has 52 valence electrons. The minimum absolute atomic E-state index is 0.545. The summed E-state index contributed by atoms with van der Waals surface area (Å²) in [5.74, 6) is 0.887. The molecule has 0 bridgehead atoms. The van der Waals surface area contributed by atoms with Crippen molar-refractivity contribution in [1.82, 2.24) is 0 Å². The summed E-state index contributed by atoms with van der Waals surface area (Å²) in [6.45, 7) is 2.40. The van der Waals surface area contributed by atoms with Crippen molar-refractivity contribution in [1.29, 1.82) is 0 Å².